The summed E-state index contributed by atoms with van der Waals surface area (Å²) in [6, 6.07) is 15.8. The van der Waals surface area contributed by atoms with Crippen molar-refractivity contribution in [3.63, 3.8) is 0 Å². The van der Waals surface area contributed by atoms with Gasteiger partial charge in [0.05, 0.1) is 13.7 Å². The molecule has 122 valence electrons. The van der Waals surface area contributed by atoms with Gasteiger partial charge in [-0.25, -0.2) is 0 Å². The van der Waals surface area contributed by atoms with Crippen LogP contribution >= 0.6 is 0 Å². The molecule has 0 atom stereocenters. The lowest BCUT2D eigenvalue weighted by atomic mass is 10.1. The fraction of sp³-hybridized carbons (Fsp3) is 0.316. The van der Waals surface area contributed by atoms with Crippen LogP contribution in [-0.2, 0) is 17.8 Å². The van der Waals surface area contributed by atoms with Gasteiger partial charge in [0.1, 0.15) is 5.75 Å². The quantitative estimate of drug-likeness (QED) is 0.852. The number of benzene rings is 2. The normalized spacial score (nSPS) is 10.6. The molecule has 23 heavy (non-hydrogen) atoms. The van der Waals surface area contributed by atoms with Crippen molar-refractivity contribution in [3.8, 4) is 5.75 Å². The number of nitrogens with zero attached hydrogens (tertiary/aromatic N) is 1. The number of aryl methyl sites for hydroxylation is 1. The van der Waals surface area contributed by atoms with Crippen molar-refractivity contribution < 1.29 is 9.53 Å². The lowest BCUT2D eigenvalue weighted by Gasteiger charge is -2.17. The first-order valence-corrected chi connectivity index (χ1v) is 7.81. The van der Waals surface area contributed by atoms with Gasteiger partial charge in [0.15, 0.2) is 0 Å². The molecule has 0 saturated carbocycles. The number of para-hydroxylation sites is 1. The molecule has 0 heterocycles. The van der Waals surface area contributed by atoms with Crippen LogP contribution in [0, 0.1) is 0 Å². The van der Waals surface area contributed by atoms with Crippen molar-refractivity contribution in [2.45, 2.75) is 19.9 Å². The summed E-state index contributed by atoms with van der Waals surface area (Å²) in [6.45, 7) is 3.12. The minimum atomic E-state index is -0.00343. The van der Waals surface area contributed by atoms with E-state index >= 15 is 0 Å². The molecule has 0 bridgehead atoms. The van der Waals surface area contributed by atoms with Crippen LogP contribution in [-0.4, -0.2) is 31.5 Å². The number of carbonyl (C=O) groups is 1. The Balaban J connectivity index is 1.91. The highest BCUT2D eigenvalue weighted by Crippen LogP contribution is 2.16. The Morgan fingerprint density at radius 3 is 2.70 bits per heavy atom. The van der Waals surface area contributed by atoms with Crippen LogP contribution in [0.4, 0.5) is 5.69 Å². The van der Waals surface area contributed by atoms with E-state index in [0.29, 0.717) is 13.1 Å². The van der Waals surface area contributed by atoms with Gasteiger partial charge < -0.3 is 10.1 Å². The number of carbonyl (C=O) groups excluding carboxylic acids is 1. The van der Waals surface area contributed by atoms with E-state index in [1.807, 2.05) is 60.5 Å². The molecule has 2 aromatic rings. The van der Waals surface area contributed by atoms with Gasteiger partial charge in [-0.3, -0.25) is 9.69 Å². The van der Waals surface area contributed by atoms with Crippen LogP contribution in [0.5, 0.6) is 5.75 Å². The second-order valence-electron chi connectivity index (χ2n) is 5.58. The predicted octanol–water partition coefficient (Wildman–Crippen LogP) is 3.33. The first-order valence-electron chi connectivity index (χ1n) is 7.81. The van der Waals surface area contributed by atoms with E-state index in [9.17, 15) is 4.79 Å². The van der Waals surface area contributed by atoms with Gasteiger partial charge >= 0.3 is 0 Å². The Labute approximate surface area is 138 Å². The summed E-state index contributed by atoms with van der Waals surface area (Å²) in [5, 5.41) is 3.00. The molecule has 0 fully saturated rings. The third-order valence-corrected chi connectivity index (χ3v) is 3.67. The predicted molar refractivity (Wildman–Crippen MR) is 93.8 cm³/mol. The molecular weight excluding hydrogens is 288 g/mol. The third-order valence-electron chi connectivity index (χ3n) is 3.67. The van der Waals surface area contributed by atoms with Crippen molar-refractivity contribution >= 4 is 11.6 Å². The van der Waals surface area contributed by atoms with Crippen LogP contribution < -0.4 is 10.1 Å². The average Bonchev–Trinajstić information content (AvgIpc) is 2.55. The number of nitrogens with one attached hydrogen (secondary N) is 1. The maximum atomic E-state index is 12.2. The zero-order valence-electron chi connectivity index (χ0n) is 14.0. The summed E-state index contributed by atoms with van der Waals surface area (Å²) >= 11 is 0. The van der Waals surface area contributed by atoms with Gasteiger partial charge in [-0.15, -0.1) is 0 Å². The molecule has 2 rings (SSSR count). The van der Waals surface area contributed by atoms with Gasteiger partial charge in [0.25, 0.3) is 0 Å². The van der Waals surface area contributed by atoms with Crippen LogP contribution in [0.3, 0.4) is 0 Å². The monoisotopic (exact) mass is 312 g/mol. The SMILES string of the molecule is CCc1ccccc1NC(=O)CN(C)Cc1cccc(OC)c1. The summed E-state index contributed by atoms with van der Waals surface area (Å²) in [7, 11) is 3.59. The number of hydrogen-bond donors (Lipinski definition) is 1. The summed E-state index contributed by atoms with van der Waals surface area (Å²) in [6.07, 6.45) is 0.899. The first-order chi connectivity index (χ1) is 11.1. The van der Waals surface area contributed by atoms with E-state index in [1.165, 1.54) is 0 Å². The maximum Gasteiger partial charge on any atom is 0.238 e. The van der Waals surface area contributed by atoms with Gasteiger partial charge in [-0.2, -0.15) is 0 Å². The first kappa shape index (κ1) is 17.0. The van der Waals surface area contributed by atoms with Crippen molar-refractivity contribution in [2.75, 3.05) is 26.0 Å². The molecule has 0 aliphatic carbocycles. The summed E-state index contributed by atoms with van der Waals surface area (Å²) in [5.41, 5.74) is 3.17. The molecule has 2 aromatic carbocycles. The Hall–Kier alpha value is -2.33. The van der Waals surface area contributed by atoms with Crippen LogP contribution in [0.15, 0.2) is 48.5 Å². The molecular formula is C19H24N2O2. The molecule has 0 radical (unpaired) electrons. The lowest BCUT2D eigenvalue weighted by molar-refractivity contribution is -0.117. The molecule has 4 nitrogen and oxygen atoms in total. The number of ether oxygens (including phenoxy) is 1. The lowest BCUT2D eigenvalue weighted by Crippen LogP contribution is -2.30. The highest BCUT2D eigenvalue weighted by atomic mass is 16.5. The van der Waals surface area contributed by atoms with Crippen molar-refractivity contribution in [2.24, 2.45) is 0 Å². The minimum Gasteiger partial charge on any atom is -0.497 e. The standard InChI is InChI=1S/C19H24N2O2/c1-4-16-9-5-6-11-18(16)20-19(22)14-21(2)13-15-8-7-10-17(12-15)23-3/h5-12H,4,13-14H2,1-3H3,(H,20,22). The van der Waals surface area contributed by atoms with Gasteiger partial charge in [-0.1, -0.05) is 37.3 Å². The Morgan fingerprint density at radius 1 is 1.17 bits per heavy atom. The Morgan fingerprint density at radius 2 is 1.96 bits per heavy atom. The van der Waals surface area contributed by atoms with E-state index in [2.05, 4.69) is 12.2 Å². The van der Waals surface area contributed by atoms with Crippen LogP contribution in [0.25, 0.3) is 0 Å². The second-order valence-corrected chi connectivity index (χ2v) is 5.58. The Kier molecular flexibility index (Phi) is 6.18. The molecule has 1 amide bonds. The van der Waals surface area contributed by atoms with Crippen molar-refractivity contribution in [3.05, 3.63) is 59.7 Å². The summed E-state index contributed by atoms with van der Waals surface area (Å²) < 4.78 is 5.22. The van der Waals surface area contributed by atoms with Crippen LogP contribution in [0.2, 0.25) is 0 Å². The number of amides is 1. The zero-order valence-corrected chi connectivity index (χ0v) is 14.0. The van der Waals surface area contributed by atoms with Crippen molar-refractivity contribution in [1.82, 2.24) is 4.90 Å². The second kappa shape index (κ2) is 8.34. The fourth-order valence-electron chi connectivity index (χ4n) is 2.52. The van der Waals surface area contributed by atoms with Crippen molar-refractivity contribution in [1.29, 1.82) is 0 Å². The van der Waals surface area contributed by atoms with E-state index in [4.69, 9.17) is 4.74 Å². The van der Waals surface area contributed by atoms with E-state index in [1.54, 1.807) is 7.11 Å². The minimum absolute atomic E-state index is 0.00343. The third kappa shape index (κ3) is 5.11. The maximum absolute atomic E-state index is 12.2. The number of likely N-dealkylation sites (N-methyl/N-ethyl adjacent to an activating group) is 1. The molecule has 0 aliphatic rings. The van der Waals surface area contributed by atoms with E-state index in [-0.39, 0.29) is 5.91 Å². The highest BCUT2D eigenvalue weighted by molar-refractivity contribution is 5.92. The average molecular weight is 312 g/mol. The summed E-state index contributed by atoms with van der Waals surface area (Å²) in [5.74, 6) is 0.827. The molecule has 0 spiro atoms. The molecule has 1 N–H and O–H groups in total. The van der Waals surface area contributed by atoms with E-state index in [0.717, 1.165) is 29.0 Å². The zero-order chi connectivity index (χ0) is 16.7. The summed E-state index contributed by atoms with van der Waals surface area (Å²) in [4.78, 5) is 14.2. The molecule has 0 aliphatic heterocycles. The molecule has 0 aromatic heterocycles. The number of hydrogen-bond acceptors (Lipinski definition) is 3. The van der Waals surface area contributed by atoms with E-state index < -0.39 is 0 Å². The van der Waals surface area contributed by atoms with Crippen LogP contribution in [0.1, 0.15) is 18.1 Å². The largest absolute Gasteiger partial charge is 0.497 e. The smallest absolute Gasteiger partial charge is 0.238 e. The number of anilines is 1. The Bertz CT molecular complexity index is 655. The topological polar surface area (TPSA) is 41.6 Å². The fourth-order valence-corrected chi connectivity index (χ4v) is 2.52. The highest BCUT2D eigenvalue weighted by Gasteiger charge is 2.09. The molecule has 4 heteroatoms. The number of rotatable bonds is 7. The molecule has 0 saturated heterocycles. The van der Waals surface area contributed by atoms with Gasteiger partial charge in [0, 0.05) is 12.2 Å². The van der Waals surface area contributed by atoms with Gasteiger partial charge in [0.2, 0.25) is 5.91 Å². The molecule has 0 unspecified atom stereocenters. The van der Waals surface area contributed by atoms with Gasteiger partial charge in [-0.05, 0) is 42.8 Å². The number of methoxy groups -OCH3 is 1.